The van der Waals surface area contributed by atoms with Crippen molar-refractivity contribution in [1.29, 1.82) is 0 Å². The molecule has 0 rings (SSSR count). The minimum Gasteiger partial charge on any atom is -0.387 e. The first kappa shape index (κ1) is 68.2. The summed E-state index contributed by atoms with van der Waals surface area (Å²) >= 11 is 0. The minimum absolute atomic E-state index is 0.0503. The predicted molar refractivity (Wildman–Crippen MR) is 309 cm³/mol. The number of likely N-dealkylation sites (N-methyl/N-ethyl adjacent to an activating group) is 1. The second-order valence-electron chi connectivity index (χ2n) is 20.3. The van der Waals surface area contributed by atoms with Crippen LogP contribution in [0.2, 0.25) is 0 Å². The highest BCUT2D eigenvalue weighted by Crippen LogP contribution is 2.43. The molecular weight excluding hydrogens is 900 g/mol. The molecule has 0 saturated carbocycles. The third-order valence-corrected chi connectivity index (χ3v) is 13.2. The number of carbonyl (C=O) groups is 1. The molecule has 0 aromatic carbocycles. The Morgan fingerprint density at radius 2 is 0.845 bits per heavy atom. The van der Waals surface area contributed by atoms with Gasteiger partial charge in [-0.2, -0.15) is 0 Å². The van der Waals surface area contributed by atoms with E-state index in [0.717, 1.165) is 103 Å². The number of unbranched alkanes of at least 4 members (excludes halogenated alkanes) is 22. The van der Waals surface area contributed by atoms with Crippen LogP contribution < -0.4 is 5.32 Å². The van der Waals surface area contributed by atoms with E-state index in [1.807, 2.05) is 27.2 Å². The number of phosphoric acid groups is 1. The van der Waals surface area contributed by atoms with Crippen LogP contribution in [0.15, 0.2) is 109 Å². The van der Waals surface area contributed by atoms with Crippen molar-refractivity contribution in [3.63, 3.8) is 0 Å². The molecule has 408 valence electrons. The van der Waals surface area contributed by atoms with E-state index in [1.54, 1.807) is 6.08 Å². The molecule has 0 aliphatic heterocycles. The quantitative estimate of drug-likeness (QED) is 0.0243. The smallest absolute Gasteiger partial charge is 0.387 e. The van der Waals surface area contributed by atoms with E-state index in [0.29, 0.717) is 17.4 Å². The van der Waals surface area contributed by atoms with Gasteiger partial charge in [-0.3, -0.25) is 13.8 Å². The number of nitrogens with zero attached hydrogens (tertiary/aromatic N) is 1. The number of aliphatic hydroxyl groups excluding tert-OH is 1. The maximum atomic E-state index is 13.0. The lowest BCUT2D eigenvalue weighted by Gasteiger charge is -2.25. The lowest BCUT2D eigenvalue weighted by Crippen LogP contribution is -2.45. The van der Waals surface area contributed by atoms with Gasteiger partial charge >= 0.3 is 7.82 Å². The number of nitrogens with one attached hydrogen (secondary N) is 1. The normalized spacial score (nSPS) is 14.7. The molecule has 1 amide bonds. The standard InChI is InChI=1S/C62H109N2O6P/c1-6-8-10-12-14-16-18-20-22-24-26-28-29-30-31-32-33-34-35-36-38-40-42-44-46-48-50-52-54-56-62(66)63-60(59-70-71(67,68)69-58-57-64(3,4)5)61(65)55-53-51-49-47-45-43-41-39-37-27-25-23-21-19-17-15-13-11-9-7-2/h8,10,14,16,20,22,26,28,30-31,33-34,36,38,42,44,53,55,60-61,65H,6-7,9,11-13,15,17-19,21,23-25,27,29,32,35,37,39-41,43,45-52,54,56-59H2,1-5H3,(H-,63,66,67,68)/p+1/b10-8-,16-14-,22-20-,28-26-,31-30-,34-33-,38-36-,44-42-,55-53+. The Morgan fingerprint density at radius 1 is 0.493 bits per heavy atom. The highest BCUT2D eigenvalue weighted by molar-refractivity contribution is 7.47. The van der Waals surface area contributed by atoms with Gasteiger partial charge in [0.15, 0.2) is 0 Å². The second-order valence-corrected chi connectivity index (χ2v) is 21.7. The van der Waals surface area contributed by atoms with Crippen LogP contribution in [-0.2, 0) is 18.4 Å². The summed E-state index contributed by atoms with van der Waals surface area (Å²) in [6.45, 7) is 4.68. The molecule has 0 aromatic heterocycles. The molecule has 0 aliphatic rings. The van der Waals surface area contributed by atoms with Gasteiger partial charge in [0.05, 0.1) is 39.9 Å². The first-order valence-electron chi connectivity index (χ1n) is 28.8. The topological polar surface area (TPSA) is 105 Å². The Labute approximate surface area is 438 Å². The fourth-order valence-electron chi connectivity index (χ4n) is 7.76. The van der Waals surface area contributed by atoms with Crippen LogP contribution in [0.5, 0.6) is 0 Å². The SMILES string of the molecule is CC/C=C\C/C=C\C/C=C\C/C=C\C/C=C\C/C=C\C/C=C\C/C=C\CCCCCCC(=O)NC(COP(=O)(O)OCC[N+](C)(C)C)C(O)/C=C/CCCCCCCCCCCCCCCCCCCC. The highest BCUT2D eigenvalue weighted by atomic mass is 31.2. The summed E-state index contributed by atoms with van der Waals surface area (Å²) in [6, 6.07) is -0.869. The van der Waals surface area contributed by atoms with Crippen LogP contribution in [0.25, 0.3) is 0 Å². The molecular formula is C62H110N2O6P+. The molecule has 0 aromatic rings. The molecule has 3 N–H and O–H groups in total. The van der Waals surface area contributed by atoms with Crippen molar-refractivity contribution in [2.24, 2.45) is 0 Å². The number of hydrogen-bond donors (Lipinski definition) is 3. The Morgan fingerprint density at radius 3 is 1.24 bits per heavy atom. The lowest BCUT2D eigenvalue weighted by atomic mass is 10.0. The first-order chi connectivity index (χ1) is 34.5. The summed E-state index contributed by atoms with van der Waals surface area (Å²) in [5.41, 5.74) is 0. The average Bonchev–Trinajstić information content (AvgIpc) is 3.33. The largest absolute Gasteiger partial charge is 0.472 e. The Balaban J connectivity index is 4.33. The average molecular weight is 1010 g/mol. The van der Waals surface area contributed by atoms with Gasteiger partial charge in [0, 0.05) is 6.42 Å². The molecule has 0 aliphatic carbocycles. The van der Waals surface area contributed by atoms with E-state index in [4.69, 9.17) is 9.05 Å². The van der Waals surface area contributed by atoms with E-state index in [-0.39, 0.29) is 19.1 Å². The molecule has 0 spiro atoms. The zero-order valence-electron chi connectivity index (χ0n) is 46.4. The molecule has 0 heterocycles. The van der Waals surface area contributed by atoms with Gasteiger partial charge in [-0.25, -0.2) is 4.57 Å². The third kappa shape index (κ3) is 54.8. The van der Waals surface area contributed by atoms with Gasteiger partial charge in [-0.1, -0.05) is 245 Å². The molecule has 0 bridgehead atoms. The Kier molecular flexibility index (Phi) is 50.0. The number of quaternary nitrogens is 1. The molecule has 0 saturated heterocycles. The van der Waals surface area contributed by atoms with Crippen molar-refractivity contribution in [1.82, 2.24) is 5.32 Å². The third-order valence-electron chi connectivity index (χ3n) is 12.2. The van der Waals surface area contributed by atoms with Crippen molar-refractivity contribution < 1.29 is 32.9 Å². The molecule has 71 heavy (non-hydrogen) atoms. The molecule has 0 fully saturated rings. The van der Waals surface area contributed by atoms with Crippen LogP contribution in [0.4, 0.5) is 0 Å². The van der Waals surface area contributed by atoms with Crippen LogP contribution in [-0.4, -0.2) is 73.4 Å². The number of amides is 1. The molecule has 9 heteroatoms. The number of phosphoric ester groups is 1. The summed E-state index contributed by atoms with van der Waals surface area (Å²) in [5, 5.41) is 13.9. The molecule has 3 atom stereocenters. The van der Waals surface area contributed by atoms with Crippen LogP contribution in [0.1, 0.15) is 226 Å². The fraction of sp³-hybridized carbons (Fsp3) is 0.694. The van der Waals surface area contributed by atoms with E-state index < -0.39 is 20.0 Å². The van der Waals surface area contributed by atoms with E-state index >= 15 is 0 Å². The van der Waals surface area contributed by atoms with Crippen molar-refractivity contribution in [2.75, 3.05) is 40.9 Å². The summed E-state index contributed by atoms with van der Waals surface area (Å²) in [6.07, 6.45) is 76.1. The van der Waals surface area contributed by atoms with E-state index in [9.17, 15) is 19.4 Å². The number of aliphatic hydroxyl groups is 1. The molecule has 3 unspecified atom stereocenters. The van der Waals surface area contributed by atoms with Gasteiger partial charge in [0.2, 0.25) is 5.91 Å². The zero-order chi connectivity index (χ0) is 52.0. The van der Waals surface area contributed by atoms with Crippen LogP contribution in [0, 0.1) is 0 Å². The summed E-state index contributed by atoms with van der Waals surface area (Å²) in [5.74, 6) is -0.205. The van der Waals surface area contributed by atoms with E-state index in [1.165, 1.54) is 103 Å². The summed E-state index contributed by atoms with van der Waals surface area (Å²) in [7, 11) is 1.54. The number of carbonyl (C=O) groups excluding carboxylic acids is 1. The fourth-order valence-corrected chi connectivity index (χ4v) is 8.50. The van der Waals surface area contributed by atoms with Gasteiger partial charge < -0.3 is 19.8 Å². The minimum atomic E-state index is -4.36. The van der Waals surface area contributed by atoms with Crippen LogP contribution in [0.3, 0.4) is 0 Å². The van der Waals surface area contributed by atoms with Crippen LogP contribution >= 0.6 is 7.82 Å². The Bertz CT molecular complexity index is 1520. The maximum absolute atomic E-state index is 13.0. The van der Waals surface area contributed by atoms with Gasteiger partial charge in [0.25, 0.3) is 0 Å². The number of hydrogen-bond acceptors (Lipinski definition) is 5. The lowest BCUT2D eigenvalue weighted by molar-refractivity contribution is -0.870. The van der Waals surface area contributed by atoms with E-state index in [2.05, 4.69) is 116 Å². The number of rotatable bonds is 51. The molecule has 8 nitrogen and oxygen atoms in total. The Hall–Kier alpha value is -2.84. The van der Waals surface area contributed by atoms with Crippen molar-refractivity contribution in [3.05, 3.63) is 109 Å². The summed E-state index contributed by atoms with van der Waals surface area (Å²) < 4.78 is 23.7. The second kappa shape index (κ2) is 52.0. The van der Waals surface area contributed by atoms with Crippen molar-refractivity contribution in [2.45, 2.75) is 238 Å². The first-order valence-corrected chi connectivity index (χ1v) is 30.3. The maximum Gasteiger partial charge on any atom is 0.472 e. The van der Waals surface area contributed by atoms with Crippen molar-refractivity contribution in [3.8, 4) is 0 Å². The van der Waals surface area contributed by atoms with Gasteiger partial charge in [-0.15, -0.1) is 0 Å². The molecule has 0 radical (unpaired) electrons. The van der Waals surface area contributed by atoms with Gasteiger partial charge in [0.1, 0.15) is 13.2 Å². The monoisotopic (exact) mass is 1010 g/mol. The highest BCUT2D eigenvalue weighted by Gasteiger charge is 2.27. The summed E-state index contributed by atoms with van der Waals surface area (Å²) in [4.78, 5) is 23.3. The predicted octanol–water partition coefficient (Wildman–Crippen LogP) is 17.6. The van der Waals surface area contributed by atoms with Gasteiger partial charge in [-0.05, 0) is 83.5 Å². The zero-order valence-corrected chi connectivity index (χ0v) is 47.3. The van der Waals surface area contributed by atoms with Crippen molar-refractivity contribution >= 4 is 13.7 Å². The number of allylic oxidation sites excluding steroid dienone is 17.